The lowest BCUT2D eigenvalue weighted by molar-refractivity contribution is 0.627. The van der Waals surface area contributed by atoms with Gasteiger partial charge in [0, 0.05) is 24.5 Å². The van der Waals surface area contributed by atoms with Crippen LogP contribution in [-0.2, 0) is 6.54 Å². The zero-order chi connectivity index (χ0) is 13.5. The van der Waals surface area contributed by atoms with Gasteiger partial charge < -0.3 is 21.4 Å². The molecule has 6 heteroatoms. The zero-order valence-electron chi connectivity index (χ0n) is 11.1. The third kappa shape index (κ3) is 4.26. The Morgan fingerprint density at radius 1 is 1.32 bits per heavy atom. The van der Waals surface area contributed by atoms with Crippen LogP contribution in [0.25, 0.3) is 0 Å². The molecule has 2 aromatic heterocycles. The zero-order valence-corrected chi connectivity index (χ0v) is 11.1. The van der Waals surface area contributed by atoms with E-state index < -0.39 is 0 Å². The summed E-state index contributed by atoms with van der Waals surface area (Å²) in [4.78, 5) is 11.5. The Morgan fingerprint density at radius 3 is 2.79 bits per heavy atom. The van der Waals surface area contributed by atoms with E-state index in [2.05, 4.69) is 32.5 Å². The Kier molecular flexibility index (Phi) is 4.74. The molecular weight excluding hydrogens is 240 g/mol. The van der Waals surface area contributed by atoms with Crippen LogP contribution in [0, 0.1) is 5.92 Å². The molecule has 0 aromatic carbocycles. The lowest BCUT2D eigenvalue weighted by Crippen LogP contribution is -2.20. The van der Waals surface area contributed by atoms with E-state index in [0.717, 1.165) is 23.9 Å². The van der Waals surface area contributed by atoms with Crippen LogP contribution in [0.3, 0.4) is 0 Å². The summed E-state index contributed by atoms with van der Waals surface area (Å²) >= 11 is 0. The van der Waals surface area contributed by atoms with E-state index in [1.54, 1.807) is 6.33 Å². The normalized spacial score (nSPS) is 12.1. The SMILES string of the molecule is CC(CN)CNc1cc(NCc2ccc[nH]2)ncn1. The fourth-order valence-corrected chi connectivity index (χ4v) is 1.58. The molecule has 0 spiro atoms. The highest BCUT2D eigenvalue weighted by Gasteiger charge is 2.02. The molecule has 0 saturated heterocycles. The number of rotatable bonds is 7. The van der Waals surface area contributed by atoms with Gasteiger partial charge in [0.25, 0.3) is 0 Å². The van der Waals surface area contributed by atoms with Gasteiger partial charge in [-0.15, -0.1) is 0 Å². The Morgan fingerprint density at radius 2 is 2.11 bits per heavy atom. The predicted molar refractivity (Wildman–Crippen MR) is 76.9 cm³/mol. The number of nitrogens with two attached hydrogens (primary N) is 1. The second-order valence-corrected chi connectivity index (χ2v) is 4.56. The van der Waals surface area contributed by atoms with Gasteiger partial charge in [0.05, 0.1) is 6.54 Å². The van der Waals surface area contributed by atoms with Crippen LogP contribution in [0.5, 0.6) is 0 Å². The van der Waals surface area contributed by atoms with Crippen molar-refractivity contribution in [1.82, 2.24) is 15.0 Å². The van der Waals surface area contributed by atoms with Gasteiger partial charge in [0.2, 0.25) is 0 Å². The Hall–Kier alpha value is -2.08. The molecule has 2 heterocycles. The minimum atomic E-state index is 0.422. The number of nitrogens with one attached hydrogen (secondary N) is 3. The van der Waals surface area contributed by atoms with E-state index in [-0.39, 0.29) is 0 Å². The summed E-state index contributed by atoms with van der Waals surface area (Å²) in [7, 11) is 0. The topological polar surface area (TPSA) is 91.7 Å². The van der Waals surface area contributed by atoms with Crippen LogP contribution >= 0.6 is 0 Å². The molecule has 0 aliphatic rings. The number of hydrogen-bond acceptors (Lipinski definition) is 5. The van der Waals surface area contributed by atoms with Crippen LogP contribution in [-0.4, -0.2) is 28.0 Å². The third-order valence-corrected chi connectivity index (χ3v) is 2.82. The van der Waals surface area contributed by atoms with Crippen LogP contribution in [0.2, 0.25) is 0 Å². The van der Waals surface area contributed by atoms with Crippen LogP contribution in [0.1, 0.15) is 12.6 Å². The largest absolute Gasteiger partial charge is 0.370 e. The van der Waals surface area contributed by atoms with Crippen LogP contribution < -0.4 is 16.4 Å². The van der Waals surface area contributed by atoms with Crippen molar-refractivity contribution in [3.8, 4) is 0 Å². The van der Waals surface area contributed by atoms with Crippen molar-refractivity contribution in [3.63, 3.8) is 0 Å². The van der Waals surface area contributed by atoms with Crippen molar-refractivity contribution in [2.75, 3.05) is 23.7 Å². The van der Waals surface area contributed by atoms with Gasteiger partial charge >= 0.3 is 0 Å². The maximum absolute atomic E-state index is 5.58. The molecule has 0 aliphatic heterocycles. The van der Waals surface area contributed by atoms with E-state index in [4.69, 9.17) is 5.73 Å². The number of nitrogens with zero attached hydrogens (tertiary/aromatic N) is 2. The molecule has 102 valence electrons. The lowest BCUT2D eigenvalue weighted by Gasteiger charge is -2.11. The number of H-pyrrole nitrogens is 1. The first kappa shape index (κ1) is 13.4. The Balaban J connectivity index is 1.87. The molecule has 1 unspecified atom stereocenters. The fourth-order valence-electron chi connectivity index (χ4n) is 1.58. The minimum Gasteiger partial charge on any atom is -0.370 e. The Bertz CT molecular complexity index is 482. The molecule has 0 saturated carbocycles. The summed E-state index contributed by atoms with van der Waals surface area (Å²) in [6.07, 6.45) is 3.45. The minimum absolute atomic E-state index is 0.422. The van der Waals surface area contributed by atoms with Crippen LogP contribution in [0.4, 0.5) is 11.6 Å². The number of anilines is 2. The molecule has 0 radical (unpaired) electrons. The monoisotopic (exact) mass is 260 g/mol. The van der Waals surface area contributed by atoms with Crippen molar-refractivity contribution >= 4 is 11.6 Å². The summed E-state index contributed by atoms with van der Waals surface area (Å²) in [5, 5.41) is 6.49. The maximum atomic E-state index is 5.58. The molecule has 0 aliphatic carbocycles. The second-order valence-electron chi connectivity index (χ2n) is 4.56. The summed E-state index contributed by atoms with van der Waals surface area (Å²) in [5.74, 6) is 2.03. The highest BCUT2D eigenvalue weighted by atomic mass is 15.1. The molecule has 0 fully saturated rings. The fraction of sp³-hybridized carbons (Fsp3) is 0.385. The Labute approximate surface area is 112 Å². The summed E-state index contributed by atoms with van der Waals surface area (Å²) in [6.45, 7) is 4.28. The molecule has 5 N–H and O–H groups in total. The number of aromatic nitrogens is 3. The van der Waals surface area contributed by atoms with Crippen molar-refractivity contribution in [2.45, 2.75) is 13.5 Å². The standard InChI is InChI=1S/C13H20N6/c1-10(6-14)7-16-12-5-13(19-9-18-12)17-8-11-3-2-4-15-11/h2-5,9-10,15H,6-8,14H2,1H3,(H2,16,17,18,19). The average Bonchev–Trinajstić information content (AvgIpc) is 2.96. The highest BCUT2D eigenvalue weighted by Crippen LogP contribution is 2.10. The smallest absolute Gasteiger partial charge is 0.131 e. The van der Waals surface area contributed by atoms with Crippen molar-refractivity contribution in [1.29, 1.82) is 0 Å². The van der Waals surface area contributed by atoms with Crippen molar-refractivity contribution < 1.29 is 0 Å². The number of hydrogen-bond donors (Lipinski definition) is 4. The summed E-state index contributed by atoms with van der Waals surface area (Å²) in [6, 6.07) is 5.89. The van der Waals surface area contributed by atoms with Gasteiger partial charge in [-0.05, 0) is 24.6 Å². The highest BCUT2D eigenvalue weighted by molar-refractivity contribution is 5.46. The third-order valence-electron chi connectivity index (χ3n) is 2.82. The lowest BCUT2D eigenvalue weighted by atomic mass is 10.2. The van der Waals surface area contributed by atoms with Gasteiger partial charge in [-0.2, -0.15) is 0 Å². The van der Waals surface area contributed by atoms with E-state index in [1.807, 2.05) is 24.4 Å². The second kappa shape index (κ2) is 6.75. The first-order valence-corrected chi connectivity index (χ1v) is 6.40. The molecule has 2 rings (SSSR count). The predicted octanol–water partition coefficient (Wildman–Crippen LogP) is 1.42. The van der Waals surface area contributed by atoms with Gasteiger partial charge in [0.15, 0.2) is 0 Å². The molecule has 1 atom stereocenters. The van der Waals surface area contributed by atoms with Gasteiger partial charge in [0.1, 0.15) is 18.0 Å². The van der Waals surface area contributed by atoms with Gasteiger partial charge in [-0.25, -0.2) is 9.97 Å². The van der Waals surface area contributed by atoms with Crippen molar-refractivity contribution in [2.24, 2.45) is 11.7 Å². The summed E-state index contributed by atoms with van der Waals surface area (Å²) < 4.78 is 0. The maximum Gasteiger partial charge on any atom is 0.131 e. The first-order chi connectivity index (χ1) is 9.28. The van der Waals surface area contributed by atoms with E-state index in [9.17, 15) is 0 Å². The quantitative estimate of drug-likeness (QED) is 0.604. The number of aromatic amines is 1. The van der Waals surface area contributed by atoms with Gasteiger partial charge in [-0.1, -0.05) is 6.92 Å². The molecule has 19 heavy (non-hydrogen) atoms. The summed E-state index contributed by atoms with van der Waals surface area (Å²) in [5.41, 5.74) is 6.70. The van der Waals surface area contributed by atoms with E-state index in [1.165, 1.54) is 0 Å². The average molecular weight is 260 g/mol. The van der Waals surface area contributed by atoms with E-state index in [0.29, 0.717) is 19.0 Å². The first-order valence-electron chi connectivity index (χ1n) is 6.40. The van der Waals surface area contributed by atoms with Crippen LogP contribution in [0.15, 0.2) is 30.7 Å². The molecule has 2 aromatic rings. The molecular formula is C13H20N6. The molecule has 6 nitrogen and oxygen atoms in total. The van der Waals surface area contributed by atoms with Crippen molar-refractivity contribution in [3.05, 3.63) is 36.4 Å². The molecule has 0 amide bonds. The van der Waals surface area contributed by atoms with Gasteiger partial charge in [-0.3, -0.25) is 0 Å². The van der Waals surface area contributed by atoms with E-state index >= 15 is 0 Å². The molecule has 0 bridgehead atoms.